The zero-order valence-electron chi connectivity index (χ0n) is 13.0. The number of anilines is 1. The Labute approximate surface area is 124 Å². The summed E-state index contributed by atoms with van der Waals surface area (Å²) in [6.45, 7) is 5.78. The summed E-state index contributed by atoms with van der Waals surface area (Å²) in [6.07, 6.45) is 3.29. The van der Waals surface area contributed by atoms with Gasteiger partial charge < -0.3 is 19.9 Å². The highest BCUT2D eigenvalue weighted by Gasteiger charge is 2.38. The molecule has 0 aromatic carbocycles. The number of likely N-dealkylation sites (tertiary alicyclic amines) is 1. The Morgan fingerprint density at radius 1 is 1.48 bits per heavy atom. The average molecular weight is 293 g/mol. The first-order valence-corrected chi connectivity index (χ1v) is 7.18. The van der Waals surface area contributed by atoms with Gasteiger partial charge in [-0.1, -0.05) is 0 Å². The Morgan fingerprint density at radius 3 is 2.76 bits per heavy atom. The van der Waals surface area contributed by atoms with Crippen molar-refractivity contribution in [2.45, 2.75) is 45.3 Å². The van der Waals surface area contributed by atoms with Gasteiger partial charge in [0, 0.05) is 19.8 Å². The lowest BCUT2D eigenvalue weighted by Crippen LogP contribution is -2.50. The quantitative estimate of drug-likeness (QED) is 0.867. The summed E-state index contributed by atoms with van der Waals surface area (Å²) < 4.78 is 1.43. The summed E-state index contributed by atoms with van der Waals surface area (Å²) in [4.78, 5) is 26.2. The number of nitrogens with one attached hydrogen (secondary N) is 1. The lowest BCUT2D eigenvalue weighted by molar-refractivity contribution is 0.0117. The summed E-state index contributed by atoms with van der Waals surface area (Å²) >= 11 is 0. The van der Waals surface area contributed by atoms with Crippen molar-refractivity contribution in [3.8, 4) is 0 Å². The molecule has 0 aliphatic carbocycles. The molecule has 1 aromatic heterocycles. The minimum absolute atomic E-state index is 0.231. The Balaban J connectivity index is 2.23. The molecule has 2 amide bonds. The van der Waals surface area contributed by atoms with Gasteiger partial charge in [-0.05, 0) is 45.2 Å². The minimum atomic E-state index is -0.954. The molecular formula is C15H23N3O3. The molecule has 1 aromatic rings. The van der Waals surface area contributed by atoms with Gasteiger partial charge in [0.2, 0.25) is 0 Å². The highest BCUT2D eigenvalue weighted by Crippen LogP contribution is 2.27. The maximum atomic E-state index is 12.4. The van der Waals surface area contributed by atoms with Gasteiger partial charge in [-0.15, -0.1) is 0 Å². The van der Waals surface area contributed by atoms with Gasteiger partial charge in [-0.25, -0.2) is 4.79 Å². The number of urea groups is 1. The number of aliphatic hydroxyl groups is 1. The van der Waals surface area contributed by atoms with E-state index < -0.39 is 5.60 Å². The topological polar surface area (TPSA) is 74.6 Å². The van der Waals surface area contributed by atoms with Crippen molar-refractivity contribution in [2.24, 2.45) is 7.05 Å². The number of aromatic nitrogens is 1. The van der Waals surface area contributed by atoms with Crippen LogP contribution in [0.4, 0.5) is 10.5 Å². The van der Waals surface area contributed by atoms with E-state index in [9.17, 15) is 14.7 Å². The normalized spacial score (nSPS) is 18.9. The van der Waals surface area contributed by atoms with Gasteiger partial charge in [0.25, 0.3) is 5.56 Å². The Hall–Kier alpha value is -1.82. The zero-order valence-corrected chi connectivity index (χ0v) is 13.0. The number of nitrogens with zero attached hydrogens (tertiary/aromatic N) is 2. The van der Waals surface area contributed by atoms with Crippen LogP contribution in [0.1, 0.15) is 32.3 Å². The van der Waals surface area contributed by atoms with E-state index in [1.54, 1.807) is 45.0 Å². The Bertz CT molecular complexity index is 601. The van der Waals surface area contributed by atoms with Gasteiger partial charge in [0.1, 0.15) is 5.69 Å². The largest absolute Gasteiger partial charge is 0.388 e. The first-order chi connectivity index (χ1) is 9.71. The van der Waals surface area contributed by atoms with E-state index >= 15 is 0 Å². The smallest absolute Gasteiger partial charge is 0.322 e. The zero-order chi connectivity index (χ0) is 15.8. The van der Waals surface area contributed by atoms with Crippen molar-refractivity contribution in [1.29, 1.82) is 0 Å². The molecule has 1 aliphatic heterocycles. The number of rotatable bonds is 2. The summed E-state index contributed by atoms with van der Waals surface area (Å²) in [5.41, 5.74) is -0.163. The van der Waals surface area contributed by atoms with E-state index in [4.69, 9.17) is 0 Å². The highest BCUT2D eigenvalue weighted by atomic mass is 16.3. The summed E-state index contributed by atoms with van der Waals surface area (Å²) in [5, 5.41) is 12.9. The SMILES string of the molecule is Cc1ccn(C)c(=O)c1NC(=O)N1CCC[C@H]1C(C)(C)O. The van der Waals surface area contributed by atoms with Crippen LogP contribution >= 0.6 is 0 Å². The first kappa shape index (κ1) is 15.6. The monoisotopic (exact) mass is 293 g/mol. The molecular weight excluding hydrogens is 270 g/mol. The predicted octanol–water partition coefficient (Wildman–Crippen LogP) is 1.46. The molecule has 2 heterocycles. The van der Waals surface area contributed by atoms with E-state index in [1.165, 1.54) is 4.57 Å². The molecule has 0 spiro atoms. The number of carbonyl (C=O) groups is 1. The molecule has 1 fully saturated rings. The van der Waals surface area contributed by atoms with Crippen molar-refractivity contribution < 1.29 is 9.90 Å². The molecule has 6 heteroatoms. The molecule has 0 unspecified atom stereocenters. The second-order valence-corrected chi connectivity index (χ2v) is 6.23. The second-order valence-electron chi connectivity index (χ2n) is 6.23. The fraction of sp³-hybridized carbons (Fsp3) is 0.600. The first-order valence-electron chi connectivity index (χ1n) is 7.18. The van der Waals surface area contributed by atoms with Crippen molar-refractivity contribution in [3.63, 3.8) is 0 Å². The van der Waals surface area contributed by atoms with Crippen LogP contribution in [0.25, 0.3) is 0 Å². The third-order valence-corrected chi connectivity index (χ3v) is 4.04. The van der Waals surface area contributed by atoms with Crippen LogP contribution < -0.4 is 10.9 Å². The fourth-order valence-electron chi connectivity index (χ4n) is 2.79. The summed E-state index contributed by atoms with van der Waals surface area (Å²) in [7, 11) is 1.65. The lowest BCUT2D eigenvalue weighted by Gasteiger charge is -2.33. The molecule has 1 atom stereocenters. The van der Waals surface area contributed by atoms with Crippen molar-refractivity contribution in [2.75, 3.05) is 11.9 Å². The highest BCUT2D eigenvalue weighted by molar-refractivity contribution is 5.90. The van der Waals surface area contributed by atoms with Crippen LogP contribution in [0.15, 0.2) is 17.1 Å². The van der Waals surface area contributed by atoms with Crippen molar-refractivity contribution in [3.05, 3.63) is 28.2 Å². The average Bonchev–Trinajstić information content (AvgIpc) is 2.88. The minimum Gasteiger partial charge on any atom is -0.388 e. The number of pyridine rings is 1. The molecule has 1 aliphatic rings. The fourth-order valence-corrected chi connectivity index (χ4v) is 2.79. The number of amides is 2. The maximum Gasteiger partial charge on any atom is 0.322 e. The van der Waals surface area contributed by atoms with Gasteiger partial charge in [-0.3, -0.25) is 4.79 Å². The number of carbonyl (C=O) groups excluding carboxylic acids is 1. The van der Waals surface area contributed by atoms with Crippen LogP contribution in [-0.2, 0) is 7.05 Å². The van der Waals surface area contributed by atoms with Gasteiger partial charge in [0.05, 0.1) is 11.6 Å². The Morgan fingerprint density at radius 2 is 2.14 bits per heavy atom. The van der Waals surface area contributed by atoms with Crippen LogP contribution in [0.5, 0.6) is 0 Å². The molecule has 0 radical (unpaired) electrons. The molecule has 0 bridgehead atoms. The molecule has 2 N–H and O–H groups in total. The van der Waals surface area contributed by atoms with Crippen LogP contribution in [-0.4, -0.2) is 38.8 Å². The van der Waals surface area contributed by atoms with E-state index in [0.29, 0.717) is 12.2 Å². The van der Waals surface area contributed by atoms with Gasteiger partial charge >= 0.3 is 6.03 Å². The standard InChI is InChI=1S/C15H23N3O3/c1-10-7-9-17(4)13(19)12(10)16-14(20)18-8-5-6-11(18)15(2,3)21/h7,9,11,21H,5-6,8H2,1-4H3,(H,16,20)/t11-/m0/s1. The van der Waals surface area contributed by atoms with E-state index in [-0.39, 0.29) is 17.6 Å². The summed E-state index contributed by atoms with van der Waals surface area (Å²) in [5.74, 6) is 0. The van der Waals surface area contributed by atoms with Crippen LogP contribution in [0, 0.1) is 6.92 Å². The predicted molar refractivity (Wildman–Crippen MR) is 81.5 cm³/mol. The van der Waals surface area contributed by atoms with Crippen molar-refractivity contribution in [1.82, 2.24) is 9.47 Å². The van der Waals surface area contributed by atoms with Crippen LogP contribution in [0.2, 0.25) is 0 Å². The molecule has 116 valence electrons. The molecule has 0 saturated carbocycles. The third-order valence-electron chi connectivity index (χ3n) is 4.04. The summed E-state index contributed by atoms with van der Waals surface area (Å²) in [6, 6.07) is 1.23. The van der Waals surface area contributed by atoms with E-state index in [1.807, 2.05) is 0 Å². The molecule has 21 heavy (non-hydrogen) atoms. The lowest BCUT2D eigenvalue weighted by atomic mass is 9.97. The number of aryl methyl sites for hydroxylation is 2. The third kappa shape index (κ3) is 3.10. The van der Waals surface area contributed by atoms with Gasteiger partial charge in [-0.2, -0.15) is 0 Å². The Kier molecular flexibility index (Phi) is 4.09. The van der Waals surface area contributed by atoms with E-state index in [2.05, 4.69) is 5.32 Å². The molecule has 6 nitrogen and oxygen atoms in total. The number of hydrogen-bond acceptors (Lipinski definition) is 3. The van der Waals surface area contributed by atoms with Crippen molar-refractivity contribution >= 4 is 11.7 Å². The van der Waals surface area contributed by atoms with Crippen LogP contribution in [0.3, 0.4) is 0 Å². The van der Waals surface area contributed by atoms with E-state index in [0.717, 1.165) is 18.4 Å². The number of hydrogen-bond donors (Lipinski definition) is 2. The van der Waals surface area contributed by atoms with Gasteiger partial charge in [0.15, 0.2) is 0 Å². The second kappa shape index (κ2) is 5.52. The molecule has 2 rings (SSSR count). The maximum absolute atomic E-state index is 12.4. The molecule has 1 saturated heterocycles.